The highest BCUT2D eigenvalue weighted by atomic mass is 32.1. The molecule has 0 amide bonds. The van der Waals surface area contributed by atoms with E-state index in [0.717, 1.165) is 18.6 Å². The summed E-state index contributed by atoms with van der Waals surface area (Å²) in [5, 5.41) is 0. The minimum Gasteiger partial charge on any atom is -0.490 e. The second-order valence-corrected chi connectivity index (χ2v) is 4.93. The van der Waals surface area contributed by atoms with Gasteiger partial charge in [0, 0.05) is 11.8 Å². The van der Waals surface area contributed by atoms with Gasteiger partial charge in [0.2, 0.25) is 5.78 Å². The van der Waals surface area contributed by atoms with Crippen molar-refractivity contribution < 1.29 is 9.53 Å². The van der Waals surface area contributed by atoms with Crippen LogP contribution in [-0.4, -0.2) is 16.9 Å². The van der Waals surface area contributed by atoms with Gasteiger partial charge in [-0.1, -0.05) is 12.1 Å². The minimum atomic E-state index is 0.00810. The lowest BCUT2D eigenvalue weighted by Gasteiger charge is -2.05. The number of hydrogen-bond acceptors (Lipinski definition) is 4. The van der Waals surface area contributed by atoms with Crippen LogP contribution in [0.3, 0.4) is 0 Å². The quantitative estimate of drug-likeness (QED) is 0.777. The molecular weight excluding hydrogens is 234 g/mol. The van der Waals surface area contributed by atoms with Crippen LogP contribution >= 0.6 is 11.3 Å². The van der Waals surface area contributed by atoms with Crippen LogP contribution in [0.5, 0.6) is 5.75 Å². The number of nitrogens with zero attached hydrogens (tertiary/aromatic N) is 1. The number of ketones is 1. The topological polar surface area (TPSA) is 39.2 Å². The van der Waals surface area contributed by atoms with Gasteiger partial charge < -0.3 is 4.74 Å². The van der Waals surface area contributed by atoms with Gasteiger partial charge in [0.15, 0.2) is 0 Å². The van der Waals surface area contributed by atoms with Gasteiger partial charge in [-0.3, -0.25) is 9.78 Å². The molecule has 0 unspecified atom stereocenters. The molecule has 0 aliphatic heterocycles. The van der Waals surface area contributed by atoms with Crippen molar-refractivity contribution in [2.24, 2.45) is 0 Å². The number of aromatic nitrogens is 1. The number of ether oxygens (including phenoxy) is 1. The summed E-state index contributed by atoms with van der Waals surface area (Å²) in [6.45, 7) is 0. The molecule has 1 heterocycles. The van der Waals surface area contributed by atoms with E-state index in [1.165, 1.54) is 11.3 Å². The van der Waals surface area contributed by atoms with Crippen LogP contribution in [0.25, 0.3) is 0 Å². The van der Waals surface area contributed by atoms with E-state index in [4.69, 9.17) is 4.74 Å². The Kier molecular flexibility index (Phi) is 2.65. The molecule has 0 spiro atoms. The summed E-state index contributed by atoms with van der Waals surface area (Å²) < 4.78 is 5.67. The SMILES string of the molecule is O=C(c1cccc(OC2CC2)c1)c1cncs1. The van der Waals surface area contributed by atoms with Crippen molar-refractivity contribution in [3.05, 3.63) is 46.4 Å². The highest BCUT2D eigenvalue weighted by Gasteiger charge is 2.23. The van der Waals surface area contributed by atoms with Crippen molar-refractivity contribution in [3.8, 4) is 5.75 Å². The van der Waals surface area contributed by atoms with E-state index in [0.29, 0.717) is 16.5 Å². The molecule has 0 atom stereocenters. The van der Waals surface area contributed by atoms with Gasteiger partial charge in [0.1, 0.15) is 5.75 Å². The Balaban J connectivity index is 1.84. The van der Waals surface area contributed by atoms with Crippen molar-refractivity contribution in [1.29, 1.82) is 0 Å². The predicted octanol–water partition coefficient (Wildman–Crippen LogP) is 2.92. The lowest BCUT2D eigenvalue weighted by Crippen LogP contribution is -2.01. The van der Waals surface area contributed by atoms with Crippen molar-refractivity contribution in [2.75, 3.05) is 0 Å². The van der Waals surface area contributed by atoms with Crippen LogP contribution in [0.15, 0.2) is 36.0 Å². The third-order valence-electron chi connectivity index (χ3n) is 2.58. The second kappa shape index (κ2) is 4.30. The van der Waals surface area contributed by atoms with Crippen molar-refractivity contribution in [2.45, 2.75) is 18.9 Å². The number of rotatable bonds is 4. The first-order valence-electron chi connectivity index (χ1n) is 5.53. The zero-order valence-electron chi connectivity index (χ0n) is 9.13. The molecule has 0 radical (unpaired) electrons. The van der Waals surface area contributed by atoms with Crippen LogP contribution in [0, 0.1) is 0 Å². The third kappa shape index (κ3) is 2.36. The fraction of sp³-hybridized carbons (Fsp3) is 0.231. The number of hydrogen-bond donors (Lipinski definition) is 0. The Labute approximate surface area is 103 Å². The standard InChI is InChI=1S/C13H11NO2S/c15-13(12-7-14-8-17-12)9-2-1-3-11(6-9)16-10-4-5-10/h1-3,6-8,10H,4-5H2. The molecule has 86 valence electrons. The molecule has 3 rings (SSSR count). The summed E-state index contributed by atoms with van der Waals surface area (Å²) in [5.41, 5.74) is 2.32. The third-order valence-corrected chi connectivity index (χ3v) is 3.35. The molecule has 4 heteroatoms. The lowest BCUT2D eigenvalue weighted by molar-refractivity contribution is 0.104. The minimum absolute atomic E-state index is 0.00810. The van der Waals surface area contributed by atoms with Gasteiger partial charge in [-0.15, -0.1) is 11.3 Å². The van der Waals surface area contributed by atoms with E-state index < -0.39 is 0 Å². The van der Waals surface area contributed by atoms with E-state index >= 15 is 0 Å². The average molecular weight is 245 g/mol. The Morgan fingerprint density at radius 3 is 3.00 bits per heavy atom. The maximum atomic E-state index is 12.1. The van der Waals surface area contributed by atoms with Crippen LogP contribution in [0.4, 0.5) is 0 Å². The van der Waals surface area contributed by atoms with Gasteiger partial charge in [0.05, 0.1) is 16.5 Å². The fourth-order valence-electron chi connectivity index (χ4n) is 1.56. The molecule has 0 saturated heterocycles. The van der Waals surface area contributed by atoms with Crippen LogP contribution in [0.1, 0.15) is 28.1 Å². The first kappa shape index (κ1) is 10.5. The van der Waals surface area contributed by atoms with Crippen molar-refractivity contribution in [3.63, 3.8) is 0 Å². The Bertz CT molecular complexity index is 532. The largest absolute Gasteiger partial charge is 0.490 e. The molecule has 1 aromatic carbocycles. The molecule has 2 aromatic rings. The molecule has 1 aromatic heterocycles. The first-order valence-corrected chi connectivity index (χ1v) is 6.41. The summed E-state index contributed by atoms with van der Waals surface area (Å²) in [7, 11) is 0. The molecule has 0 N–H and O–H groups in total. The summed E-state index contributed by atoms with van der Waals surface area (Å²) in [4.78, 5) is 16.7. The smallest absolute Gasteiger partial charge is 0.204 e. The van der Waals surface area contributed by atoms with Crippen LogP contribution < -0.4 is 4.74 Å². The maximum Gasteiger partial charge on any atom is 0.204 e. The van der Waals surface area contributed by atoms with Gasteiger partial charge in [-0.25, -0.2) is 0 Å². The van der Waals surface area contributed by atoms with Crippen LogP contribution in [0.2, 0.25) is 0 Å². The highest BCUT2D eigenvalue weighted by molar-refractivity contribution is 7.11. The molecule has 0 bridgehead atoms. The molecule has 1 aliphatic rings. The first-order chi connectivity index (χ1) is 8.33. The number of carbonyl (C=O) groups excluding carboxylic acids is 1. The van der Waals surface area contributed by atoms with E-state index in [1.54, 1.807) is 17.8 Å². The summed E-state index contributed by atoms with van der Waals surface area (Å²) >= 11 is 1.36. The molecule has 1 fully saturated rings. The van der Waals surface area contributed by atoms with Crippen LogP contribution in [-0.2, 0) is 0 Å². The van der Waals surface area contributed by atoms with Gasteiger partial charge in [0.25, 0.3) is 0 Å². The van der Waals surface area contributed by atoms with Crippen molar-refractivity contribution >= 4 is 17.1 Å². The molecule has 1 saturated carbocycles. The van der Waals surface area contributed by atoms with E-state index in [9.17, 15) is 4.79 Å². The Hall–Kier alpha value is -1.68. The van der Waals surface area contributed by atoms with E-state index in [2.05, 4.69) is 4.98 Å². The maximum absolute atomic E-state index is 12.1. The van der Waals surface area contributed by atoms with E-state index in [-0.39, 0.29) is 5.78 Å². The Morgan fingerprint density at radius 2 is 2.29 bits per heavy atom. The second-order valence-electron chi connectivity index (χ2n) is 4.04. The number of benzene rings is 1. The number of thiazole rings is 1. The molecular formula is C13H11NO2S. The summed E-state index contributed by atoms with van der Waals surface area (Å²) in [6.07, 6.45) is 4.19. The Morgan fingerprint density at radius 1 is 1.41 bits per heavy atom. The molecule has 1 aliphatic carbocycles. The highest BCUT2D eigenvalue weighted by Crippen LogP contribution is 2.27. The molecule has 3 nitrogen and oxygen atoms in total. The normalized spacial score (nSPS) is 14.6. The zero-order chi connectivity index (χ0) is 11.7. The van der Waals surface area contributed by atoms with Gasteiger partial charge in [-0.05, 0) is 25.0 Å². The lowest BCUT2D eigenvalue weighted by atomic mass is 10.1. The average Bonchev–Trinajstić information content (AvgIpc) is 2.99. The van der Waals surface area contributed by atoms with Crippen molar-refractivity contribution in [1.82, 2.24) is 4.98 Å². The summed E-state index contributed by atoms with van der Waals surface area (Å²) in [5.74, 6) is 0.789. The predicted molar refractivity (Wildman–Crippen MR) is 65.6 cm³/mol. The number of carbonyl (C=O) groups is 1. The monoisotopic (exact) mass is 245 g/mol. The fourth-order valence-corrected chi connectivity index (χ4v) is 2.14. The van der Waals surface area contributed by atoms with E-state index in [1.807, 2.05) is 18.2 Å². The molecule has 17 heavy (non-hydrogen) atoms. The zero-order valence-corrected chi connectivity index (χ0v) is 9.94. The van der Waals surface area contributed by atoms with Gasteiger partial charge >= 0.3 is 0 Å². The van der Waals surface area contributed by atoms with Gasteiger partial charge in [-0.2, -0.15) is 0 Å². The summed E-state index contributed by atoms with van der Waals surface area (Å²) in [6, 6.07) is 7.36.